The largest absolute Gasteiger partial charge is 0.361 e. The lowest BCUT2D eigenvalue weighted by Gasteiger charge is -2.04. The number of rotatable bonds is 4. The number of aromatic amines is 1. The predicted molar refractivity (Wildman–Crippen MR) is 80.7 cm³/mol. The van der Waals surface area contributed by atoms with E-state index in [9.17, 15) is 9.18 Å². The van der Waals surface area contributed by atoms with Crippen molar-refractivity contribution in [1.82, 2.24) is 10.3 Å². The van der Waals surface area contributed by atoms with Crippen LogP contribution in [-0.2, 0) is 6.42 Å². The zero-order valence-electron chi connectivity index (χ0n) is 11.4. The van der Waals surface area contributed by atoms with E-state index in [-0.39, 0.29) is 11.7 Å². The maximum absolute atomic E-state index is 13.3. The lowest BCUT2D eigenvalue weighted by atomic mass is 10.1. The van der Waals surface area contributed by atoms with Crippen molar-refractivity contribution in [1.29, 1.82) is 0 Å². The van der Waals surface area contributed by atoms with Crippen LogP contribution in [-0.4, -0.2) is 17.4 Å². The number of hydrogen-bond donors (Lipinski definition) is 2. The summed E-state index contributed by atoms with van der Waals surface area (Å²) in [6.07, 6.45) is 2.51. The Balaban J connectivity index is 1.65. The molecule has 0 bridgehead atoms. The third-order valence-electron chi connectivity index (χ3n) is 3.45. The van der Waals surface area contributed by atoms with Gasteiger partial charge in [0.25, 0.3) is 5.91 Å². The number of hydrogen-bond acceptors (Lipinski definition) is 1. The Hall–Kier alpha value is -2.62. The van der Waals surface area contributed by atoms with E-state index >= 15 is 0 Å². The Morgan fingerprint density at radius 1 is 1.14 bits per heavy atom. The first-order valence-electron chi connectivity index (χ1n) is 6.83. The summed E-state index contributed by atoms with van der Waals surface area (Å²) in [5.41, 5.74) is 2.54. The minimum Gasteiger partial charge on any atom is -0.361 e. The van der Waals surface area contributed by atoms with Crippen LogP contribution in [0.15, 0.2) is 54.7 Å². The number of carbonyl (C=O) groups excluding carboxylic acids is 1. The molecule has 0 unspecified atom stereocenters. The van der Waals surface area contributed by atoms with Gasteiger partial charge in [-0.1, -0.05) is 18.2 Å². The van der Waals surface area contributed by atoms with Gasteiger partial charge in [0.2, 0.25) is 0 Å². The Morgan fingerprint density at radius 3 is 2.76 bits per heavy atom. The zero-order valence-corrected chi connectivity index (χ0v) is 11.4. The summed E-state index contributed by atoms with van der Waals surface area (Å²) in [5.74, 6) is -0.349. The van der Waals surface area contributed by atoms with Gasteiger partial charge in [0, 0.05) is 29.2 Å². The number of carbonyl (C=O) groups is 1. The molecule has 3 aromatic rings. The molecule has 106 valence electrons. The lowest BCUT2D eigenvalue weighted by Crippen LogP contribution is -2.25. The molecule has 1 heterocycles. The van der Waals surface area contributed by atoms with Crippen molar-refractivity contribution < 1.29 is 9.18 Å². The number of halogens is 1. The van der Waals surface area contributed by atoms with Crippen LogP contribution in [0.3, 0.4) is 0 Å². The maximum atomic E-state index is 13.3. The van der Waals surface area contributed by atoms with Crippen molar-refractivity contribution in [3.8, 4) is 0 Å². The quantitative estimate of drug-likeness (QED) is 0.758. The van der Waals surface area contributed by atoms with E-state index in [0.717, 1.165) is 16.5 Å². The highest BCUT2D eigenvalue weighted by Gasteiger charge is 2.07. The normalized spacial score (nSPS) is 10.7. The van der Waals surface area contributed by atoms with Crippen LogP contribution in [0, 0.1) is 5.82 Å². The third-order valence-corrected chi connectivity index (χ3v) is 3.45. The SMILES string of the molecule is O=C(NCCc1c[nH]c2ccc(F)cc12)c1ccccc1. The number of amides is 1. The highest BCUT2D eigenvalue weighted by atomic mass is 19.1. The molecule has 1 aromatic heterocycles. The summed E-state index contributed by atoms with van der Waals surface area (Å²) in [4.78, 5) is 15.0. The molecular formula is C17H15FN2O. The van der Waals surface area contributed by atoms with Gasteiger partial charge in [-0.05, 0) is 42.3 Å². The average molecular weight is 282 g/mol. The first kappa shape index (κ1) is 13.4. The summed E-state index contributed by atoms with van der Waals surface area (Å²) >= 11 is 0. The van der Waals surface area contributed by atoms with Crippen molar-refractivity contribution in [2.75, 3.05) is 6.54 Å². The topological polar surface area (TPSA) is 44.9 Å². The molecule has 0 aliphatic rings. The molecule has 0 aliphatic carbocycles. The van der Waals surface area contributed by atoms with Gasteiger partial charge in [-0.25, -0.2) is 4.39 Å². The molecule has 0 atom stereocenters. The minimum absolute atomic E-state index is 0.0957. The fraction of sp³-hybridized carbons (Fsp3) is 0.118. The van der Waals surface area contributed by atoms with Crippen molar-refractivity contribution in [3.63, 3.8) is 0 Å². The molecule has 0 spiro atoms. The highest BCUT2D eigenvalue weighted by Crippen LogP contribution is 2.19. The molecule has 4 heteroatoms. The first-order chi connectivity index (χ1) is 10.2. The Bertz CT molecular complexity index is 765. The van der Waals surface area contributed by atoms with E-state index in [1.54, 1.807) is 18.2 Å². The van der Waals surface area contributed by atoms with Crippen LogP contribution in [0.5, 0.6) is 0 Å². The molecule has 0 saturated carbocycles. The molecule has 0 saturated heterocycles. The number of fused-ring (bicyclic) bond motifs is 1. The second kappa shape index (κ2) is 5.79. The molecular weight excluding hydrogens is 267 g/mol. The summed E-state index contributed by atoms with van der Waals surface area (Å²) < 4.78 is 13.3. The molecule has 0 fully saturated rings. The Labute approximate surface area is 121 Å². The monoisotopic (exact) mass is 282 g/mol. The van der Waals surface area contributed by atoms with Gasteiger partial charge in [-0.15, -0.1) is 0 Å². The number of H-pyrrole nitrogens is 1. The summed E-state index contributed by atoms with van der Waals surface area (Å²) in [5, 5.41) is 3.73. The average Bonchev–Trinajstić information content (AvgIpc) is 2.90. The van der Waals surface area contributed by atoms with Gasteiger partial charge in [-0.3, -0.25) is 4.79 Å². The number of benzene rings is 2. The van der Waals surface area contributed by atoms with Crippen LogP contribution >= 0.6 is 0 Å². The molecule has 1 amide bonds. The highest BCUT2D eigenvalue weighted by molar-refractivity contribution is 5.94. The van der Waals surface area contributed by atoms with Crippen LogP contribution in [0.4, 0.5) is 4.39 Å². The third kappa shape index (κ3) is 2.94. The predicted octanol–water partition coefficient (Wildman–Crippen LogP) is 3.28. The Morgan fingerprint density at radius 2 is 1.95 bits per heavy atom. The van der Waals surface area contributed by atoms with Crippen molar-refractivity contribution >= 4 is 16.8 Å². The fourth-order valence-corrected chi connectivity index (χ4v) is 2.36. The standard InChI is InChI=1S/C17H15FN2O/c18-14-6-7-16-15(10-14)13(11-20-16)8-9-19-17(21)12-4-2-1-3-5-12/h1-7,10-11,20H,8-9H2,(H,19,21). The molecule has 0 aliphatic heterocycles. The smallest absolute Gasteiger partial charge is 0.251 e. The van der Waals surface area contributed by atoms with Crippen LogP contribution in [0.2, 0.25) is 0 Å². The second-order valence-corrected chi connectivity index (χ2v) is 4.88. The molecule has 2 N–H and O–H groups in total. The van der Waals surface area contributed by atoms with Crippen LogP contribution in [0.25, 0.3) is 10.9 Å². The first-order valence-corrected chi connectivity index (χ1v) is 6.83. The Kier molecular flexibility index (Phi) is 3.69. The fourth-order valence-electron chi connectivity index (χ4n) is 2.36. The van der Waals surface area contributed by atoms with Gasteiger partial charge in [0.15, 0.2) is 0 Å². The molecule has 0 radical (unpaired) electrons. The molecule has 3 rings (SSSR count). The van der Waals surface area contributed by atoms with Crippen molar-refractivity contribution in [3.05, 3.63) is 71.7 Å². The molecule has 3 nitrogen and oxygen atoms in total. The van der Waals surface area contributed by atoms with Gasteiger partial charge in [-0.2, -0.15) is 0 Å². The zero-order chi connectivity index (χ0) is 14.7. The lowest BCUT2D eigenvalue weighted by molar-refractivity contribution is 0.0954. The van der Waals surface area contributed by atoms with Crippen LogP contribution < -0.4 is 5.32 Å². The number of nitrogens with one attached hydrogen (secondary N) is 2. The second-order valence-electron chi connectivity index (χ2n) is 4.88. The van der Waals surface area contributed by atoms with Gasteiger partial charge < -0.3 is 10.3 Å². The van der Waals surface area contributed by atoms with E-state index < -0.39 is 0 Å². The van der Waals surface area contributed by atoms with Gasteiger partial charge >= 0.3 is 0 Å². The van der Waals surface area contributed by atoms with Gasteiger partial charge in [0.05, 0.1) is 0 Å². The van der Waals surface area contributed by atoms with Crippen molar-refractivity contribution in [2.24, 2.45) is 0 Å². The van der Waals surface area contributed by atoms with Crippen molar-refractivity contribution in [2.45, 2.75) is 6.42 Å². The number of aromatic nitrogens is 1. The maximum Gasteiger partial charge on any atom is 0.251 e. The van der Waals surface area contributed by atoms with E-state index in [1.165, 1.54) is 12.1 Å². The summed E-state index contributed by atoms with van der Waals surface area (Å²) in [6, 6.07) is 13.7. The van der Waals surface area contributed by atoms with E-state index in [2.05, 4.69) is 10.3 Å². The van der Waals surface area contributed by atoms with E-state index in [4.69, 9.17) is 0 Å². The van der Waals surface area contributed by atoms with Gasteiger partial charge in [0.1, 0.15) is 5.82 Å². The summed E-state index contributed by atoms with van der Waals surface area (Å²) in [7, 11) is 0. The molecule has 2 aromatic carbocycles. The minimum atomic E-state index is -0.253. The molecule has 21 heavy (non-hydrogen) atoms. The van der Waals surface area contributed by atoms with E-state index in [0.29, 0.717) is 18.5 Å². The van der Waals surface area contributed by atoms with E-state index in [1.807, 2.05) is 24.4 Å². The van der Waals surface area contributed by atoms with Crippen LogP contribution in [0.1, 0.15) is 15.9 Å². The summed E-state index contributed by atoms with van der Waals surface area (Å²) in [6.45, 7) is 0.511.